The Balaban J connectivity index is 1.97. The van der Waals surface area contributed by atoms with Crippen molar-refractivity contribution in [2.45, 2.75) is 64.3 Å². The number of amides is 2. The summed E-state index contributed by atoms with van der Waals surface area (Å²) in [6, 6.07) is 0.163. The van der Waals surface area contributed by atoms with Gasteiger partial charge in [0.05, 0.1) is 35.6 Å². The number of nitrogens with zero attached hydrogens (tertiary/aromatic N) is 2. The number of aryl methyl sites for hydroxylation is 1. The van der Waals surface area contributed by atoms with Gasteiger partial charge >= 0.3 is 0 Å². The van der Waals surface area contributed by atoms with Gasteiger partial charge in [0.15, 0.2) is 34.7 Å². The number of likely N-dealkylation sites (N-methyl/N-ethyl adjacent to an activating group) is 2. The minimum absolute atomic E-state index is 0.0866. The van der Waals surface area contributed by atoms with Crippen LogP contribution in [0.3, 0.4) is 0 Å². The average Bonchev–Trinajstić information content (AvgIpc) is 2.91. The van der Waals surface area contributed by atoms with Gasteiger partial charge in [-0.1, -0.05) is 33.8 Å². The van der Waals surface area contributed by atoms with Crippen molar-refractivity contribution in [2.24, 2.45) is 28.4 Å². The number of phenols is 1. The Kier molecular flexibility index (Phi) is 8.21. The van der Waals surface area contributed by atoms with Crippen molar-refractivity contribution in [1.82, 2.24) is 15.1 Å². The Bertz CT molecular complexity index is 1490. The van der Waals surface area contributed by atoms with Gasteiger partial charge in [0.2, 0.25) is 11.8 Å². The molecule has 2 saturated carbocycles. The second kappa shape index (κ2) is 10.8. The van der Waals surface area contributed by atoms with E-state index in [0.717, 1.165) is 0 Å². The molecule has 0 bridgehead atoms. The van der Waals surface area contributed by atoms with Crippen molar-refractivity contribution in [1.29, 1.82) is 0 Å². The standard InChI is InChI=1S/C31H42N4O9/c1-9-14-10-15(11-33-16(36)12-34(5)6)21(37)18-17(14)13(2)29(3)20(22(18)38)26(41)31(44)25(40)19(27(32)42)23(39)24(35(7)8)30(31,4)28(29)43/h10,13,19-20,24,28,37,43-44H,9,11-12H2,1-8H3,(H2,32,42)(H,33,36)/t13-,19?,20?,24+,28-,29+,30+,31+/m0/s1. The number of nitrogens with two attached hydrogens (primary N) is 1. The maximum atomic E-state index is 14.5. The van der Waals surface area contributed by atoms with E-state index >= 15 is 0 Å². The molecule has 2 unspecified atom stereocenters. The molecule has 0 heterocycles. The van der Waals surface area contributed by atoms with Crippen molar-refractivity contribution in [2.75, 3.05) is 34.7 Å². The van der Waals surface area contributed by atoms with Gasteiger partial charge in [-0.3, -0.25) is 33.7 Å². The molecule has 2 fully saturated rings. The Morgan fingerprint density at radius 2 is 1.64 bits per heavy atom. The average molecular weight is 615 g/mol. The highest BCUT2D eigenvalue weighted by atomic mass is 16.3. The summed E-state index contributed by atoms with van der Waals surface area (Å²) in [6.07, 6.45) is -1.41. The third-order valence-electron chi connectivity index (χ3n) is 10.4. The summed E-state index contributed by atoms with van der Waals surface area (Å²) in [4.78, 5) is 84.0. The summed E-state index contributed by atoms with van der Waals surface area (Å²) in [5.74, 6) is -11.6. The molecule has 4 rings (SSSR count). The van der Waals surface area contributed by atoms with Crippen molar-refractivity contribution in [3.63, 3.8) is 0 Å². The number of hydrogen-bond acceptors (Lipinski definition) is 11. The first kappa shape index (κ1) is 33.4. The molecule has 0 spiro atoms. The lowest BCUT2D eigenvalue weighted by atomic mass is 9.39. The molecule has 13 nitrogen and oxygen atoms in total. The number of fused-ring (bicyclic) bond motifs is 3. The highest BCUT2D eigenvalue weighted by Crippen LogP contribution is 2.65. The number of carbonyl (C=O) groups excluding carboxylic acids is 6. The van der Waals surface area contributed by atoms with Crippen LogP contribution in [-0.2, 0) is 36.9 Å². The van der Waals surface area contributed by atoms with Crippen LogP contribution >= 0.6 is 0 Å². The number of aromatic hydroxyl groups is 1. The van der Waals surface area contributed by atoms with Crippen molar-refractivity contribution < 1.29 is 44.1 Å². The van der Waals surface area contributed by atoms with Crippen LogP contribution in [-0.4, -0.2) is 113 Å². The molecular weight excluding hydrogens is 572 g/mol. The van der Waals surface area contributed by atoms with Gasteiger partial charge in [-0.25, -0.2) is 0 Å². The molecule has 1 aromatic carbocycles. The molecule has 2 amide bonds. The molecule has 3 aliphatic rings. The first-order valence-electron chi connectivity index (χ1n) is 14.6. The molecule has 0 saturated heterocycles. The number of hydrogen-bond donors (Lipinski definition) is 5. The molecule has 6 N–H and O–H groups in total. The van der Waals surface area contributed by atoms with E-state index in [1.807, 2.05) is 6.92 Å². The highest BCUT2D eigenvalue weighted by molar-refractivity contribution is 6.33. The number of Topliss-reactive ketones (excluding diaryl/α,β-unsaturated/α-hetero) is 4. The predicted molar refractivity (Wildman–Crippen MR) is 156 cm³/mol. The van der Waals surface area contributed by atoms with E-state index < -0.39 is 81.1 Å². The van der Waals surface area contributed by atoms with Crippen molar-refractivity contribution in [3.05, 3.63) is 28.3 Å². The summed E-state index contributed by atoms with van der Waals surface area (Å²) in [7, 11) is 6.33. The number of benzene rings is 1. The predicted octanol–water partition coefficient (Wildman–Crippen LogP) is -1.08. The zero-order chi connectivity index (χ0) is 33.4. The fourth-order valence-electron chi connectivity index (χ4n) is 8.20. The maximum Gasteiger partial charge on any atom is 0.235 e. The second-order valence-corrected chi connectivity index (χ2v) is 13.3. The largest absolute Gasteiger partial charge is 0.507 e. The topological polar surface area (TPSA) is 208 Å². The van der Waals surface area contributed by atoms with Gasteiger partial charge < -0.3 is 31.3 Å². The normalized spacial score (nSPS) is 35.0. The van der Waals surface area contributed by atoms with Gasteiger partial charge in [0.25, 0.3) is 0 Å². The van der Waals surface area contributed by atoms with Gasteiger partial charge in [0, 0.05) is 17.5 Å². The van der Waals surface area contributed by atoms with Crippen LogP contribution in [0.1, 0.15) is 60.7 Å². The minimum atomic E-state index is -3.15. The number of phenolic OH excluding ortho intramolecular Hbond substituents is 1. The number of primary amides is 1. The number of ketones is 4. The van der Waals surface area contributed by atoms with Crippen LogP contribution in [0.5, 0.6) is 5.75 Å². The fraction of sp³-hybridized carbons (Fsp3) is 0.613. The molecule has 0 radical (unpaired) electrons. The summed E-state index contributed by atoms with van der Waals surface area (Å²) < 4.78 is 0. The molecule has 44 heavy (non-hydrogen) atoms. The van der Waals surface area contributed by atoms with Crippen LogP contribution in [0.2, 0.25) is 0 Å². The highest BCUT2D eigenvalue weighted by Gasteiger charge is 2.81. The first-order chi connectivity index (χ1) is 20.3. The monoisotopic (exact) mass is 614 g/mol. The van der Waals surface area contributed by atoms with Gasteiger partial charge in [-0.2, -0.15) is 0 Å². The Hall–Kier alpha value is -3.52. The quantitative estimate of drug-likeness (QED) is 0.233. The van der Waals surface area contributed by atoms with Crippen LogP contribution in [0.15, 0.2) is 6.07 Å². The smallest absolute Gasteiger partial charge is 0.235 e. The van der Waals surface area contributed by atoms with E-state index in [2.05, 4.69) is 5.32 Å². The number of rotatable bonds is 7. The lowest BCUT2D eigenvalue weighted by Gasteiger charge is -2.65. The van der Waals surface area contributed by atoms with E-state index in [9.17, 15) is 44.1 Å². The van der Waals surface area contributed by atoms with E-state index in [1.165, 1.54) is 32.8 Å². The molecule has 240 valence electrons. The fourth-order valence-corrected chi connectivity index (χ4v) is 8.20. The molecule has 8 atom stereocenters. The minimum Gasteiger partial charge on any atom is -0.507 e. The molecule has 3 aliphatic carbocycles. The summed E-state index contributed by atoms with van der Waals surface area (Å²) >= 11 is 0. The SMILES string of the molecule is CCc1cc(CNC(=O)CN(C)C)c(O)c2c1[C@H](C)[C@]1(C)C(C2=O)C(=O)[C@]2(O)C(=O)C(C(N)=O)C(=O)[C@@H](N(C)C)[C@]2(C)[C@H]1O. The molecule has 0 aromatic heterocycles. The zero-order valence-corrected chi connectivity index (χ0v) is 26.3. The Morgan fingerprint density at radius 3 is 2.14 bits per heavy atom. The maximum absolute atomic E-state index is 14.5. The first-order valence-corrected chi connectivity index (χ1v) is 14.6. The van der Waals surface area contributed by atoms with Crippen molar-refractivity contribution >= 4 is 34.9 Å². The number of aliphatic hydroxyl groups excluding tert-OH is 1. The van der Waals surface area contributed by atoms with E-state index in [0.29, 0.717) is 17.5 Å². The molecular formula is C31H42N4O9. The molecule has 1 aromatic rings. The Morgan fingerprint density at radius 1 is 1.05 bits per heavy atom. The molecule has 0 aliphatic heterocycles. The van der Waals surface area contributed by atoms with Crippen LogP contribution in [0.25, 0.3) is 0 Å². The zero-order valence-electron chi connectivity index (χ0n) is 26.3. The van der Waals surface area contributed by atoms with E-state index in [1.54, 1.807) is 32.0 Å². The third kappa shape index (κ3) is 4.12. The van der Waals surface area contributed by atoms with Crippen LogP contribution in [0, 0.1) is 22.7 Å². The van der Waals surface area contributed by atoms with Gasteiger partial charge in [-0.05, 0) is 51.7 Å². The number of carbonyl (C=O) groups is 6. The van der Waals surface area contributed by atoms with E-state index in [4.69, 9.17) is 5.73 Å². The lowest BCUT2D eigenvalue weighted by molar-refractivity contribution is -0.237. The summed E-state index contributed by atoms with van der Waals surface area (Å²) in [5, 5.41) is 38.6. The van der Waals surface area contributed by atoms with Crippen LogP contribution in [0.4, 0.5) is 0 Å². The number of nitrogens with one attached hydrogen (secondary N) is 1. The summed E-state index contributed by atoms with van der Waals surface area (Å²) in [5.41, 5.74) is -0.519. The van der Waals surface area contributed by atoms with Gasteiger partial charge in [-0.15, -0.1) is 0 Å². The lowest BCUT2D eigenvalue weighted by Crippen LogP contribution is -2.84. The van der Waals surface area contributed by atoms with Gasteiger partial charge in [0.1, 0.15) is 5.75 Å². The summed E-state index contributed by atoms with van der Waals surface area (Å²) in [6.45, 7) is 6.24. The second-order valence-electron chi connectivity index (χ2n) is 13.3. The number of aliphatic hydroxyl groups is 2. The van der Waals surface area contributed by atoms with Crippen molar-refractivity contribution in [3.8, 4) is 5.75 Å². The van der Waals surface area contributed by atoms with E-state index in [-0.39, 0.29) is 30.1 Å². The Labute approximate surface area is 255 Å². The molecule has 13 heteroatoms. The van der Waals surface area contributed by atoms with Crippen LogP contribution < -0.4 is 11.1 Å². The third-order valence-corrected chi connectivity index (χ3v) is 10.4.